The van der Waals surface area contributed by atoms with Gasteiger partial charge in [-0.1, -0.05) is 30.3 Å². The summed E-state index contributed by atoms with van der Waals surface area (Å²) in [5.41, 5.74) is 3.13. The van der Waals surface area contributed by atoms with E-state index in [2.05, 4.69) is 15.8 Å². The zero-order valence-electron chi connectivity index (χ0n) is 18.6. The number of hydrogen-bond donors (Lipinski definition) is 2. The van der Waals surface area contributed by atoms with E-state index in [1.54, 1.807) is 32.9 Å². The molecular formula is C25H25N3O5. The van der Waals surface area contributed by atoms with Crippen LogP contribution >= 0.6 is 0 Å². The third kappa shape index (κ3) is 6.47. The van der Waals surface area contributed by atoms with Crippen LogP contribution < -0.4 is 20.3 Å². The zero-order valence-corrected chi connectivity index (χ0v) is 18.6. The summed E-state index contributed by atoms with van der Waals surface area (Å²) in [7, 11) is 0. The Morgan fingerprint density at radius 1 is 0.939 bits per heavy atom. The molecule has 8 nitrogen and oxygen atoms in total. The average Bonchev–Trinajstić information content (AvgIpc) is 3.23. The van der Waals surface area contributed by atoms with Crippen LogP contribution in [0.2, 0.25) is 0 Å². The molecule has 1 amide bonds. The van der Waals surface area contributed by atoms with E-state index in [0.717, 1.165) is 17.1 Å². The zero-order chi connectivity index (χ0) is 23.3. The van der Waals surface area contributed by atoms with Crippen molar-refractivity contribution < 1.29 is 23.8 Å². The van der Waals surface area contributed by atoms with Crippen LogP contribution in [0.3, 0.4) is 0 Å². The van der Waals surface area contributed by atoms with Crippen molar-refractivity contribution in [2.45, 2.75) is 32.5 Å². The highest BCUT2D eigenvalue weighted by Gasteiger charge is 2.20. The summed E-state index contributed by atoms with van der Waals surface area (Å²) < 4.78 is 16.8. The van der Waals surface area contributed by atoms with Crippen LogP contribution in [-0.2, 0) is 9.57 Å². The maximum Gasteiger partial charge on any atom is 0.413 e. The fraction of sp³-hybridized carbons (Fsp3) is 0.200. The lowest BCUT2D eigenvalue weighted by molar-refractivity contribution is 0.0273. The highest BCUT2D eigenvalue weighted by atomic mass is 16.7. The molecule has 0 saturated carbocycles. The van der Waals surface area contributed by atoms with Gasteiger partial charge in [0, 0.05) is 6.08 Å². The number of benzene rings is 2. The summed E-state index contributed by atoms with van der Waals surface area (Å²) in [6.45, 7) is 5.38. The number of aromatic nitrogens is 1. The van der Waals surface area contributed by atoms with Crippen LogP contribution in [0, 0.1) is 0 Å². The van der Waals surface area contributed by atoms with Gasteiger partial charge in [-0.15, -0.1) is 0 Å². The Labute approximate surface area is 192 Å². The van der Waals surface area contributed by atoms with Crippen LogP contribution in [0.25, 0.3) is 0 Å². The second-order valence-corrected chi connectivity index (χ2v) is 8.26. The van der Waals surface area contributed by atoms with E-state index in [9.17, 15) is 4.79 Å². The average molecular weight is 447 g/mol. The Bertz CT molecular complexity index is 1110. The van der Waals surface area contributed by atoms with Gasteiger partial charge in [0.05, 0.1) is 6.20 Å². The Balaban J connectivity index is 1.32. The molecule has 1 aliphatic heterocycles. The first-order valence-corrected chi connectivity index (χ1v) is 10.4. The van der Waals surface area contributed by atoms with E-state index in [1.165, 1.54) is 6.20 Å². The van der Waals surface area contributed by atoms with Gasteiger partial charge in [0.25, 0.3) is 0 Å². The van der Waals surface area contributed by atoms with Gasteiger partial charge in [-0.25, -0.2) is 15.3 Å². The maximum atomic E-state index is 11.8. The van der Waals surface area contributed by atoms with Crippen LogP contribution in [0.4, 0.5) is 10.6 Å². The number of amides is 1. The van der Waals surface area contributed by atoms with Crippen molar-refractivity contribution in [1.29, 1.82) is 0 Å². The number of carbonyl (C=O) groups excluding carboxylic acids is 1. The second-order valence-electron chi connectivity index (χ2n) is 8.26. The van der Waals surface area contributed by atoms with E-state index in [1.807, 2.05) is 60.7 Å². The molecule has 0 spiro atoms. The lowest BCUT2D eigenvalue weighted by Crippen LogP contribution is -2.27. The molecule has 1 aromatic heterocycles. The van der Waals surface area contributed by atoms with E-state index < -0.39 is 11.7 Å². The van der Waals surface area contributed by atoms with Gasteiger partial charge >= 0.3 is 6.09 Å². The second kappa shape index (κ2) is 9.62. The Morgan fingerprint density at radius 3 is 2.30 bits per heavy atom. The quantitative estimate of drug-likeness (QED) is 0.500. The largest absolute Gasteiger partial charge is 0.457 e. The summed E-state index contributed by atoms with van der Waals surface area (Å²) in [4.78, 5) is 21.6. The van der Waals surface area contributed by atoms with E-state index in [4.69, 9.17) is 19.0 Å². The van der Waals surface area contributed by atoms with E-state index in [-0.39, 0.29) is 6.10 Å². The third-order valence-corrected chi connectivity index (χ3v) is 4.37. The van der Waals surface area contributed by atoms with Gasteiger partial charge in [0.1, 0.15) is 34.8 Å². The van der Waals surface area contributed by atoms with Gasteiger partial charge in [-0.05, 0) is 62.7 Å². The molecule has 2 N–H and O–H groups in total. The van der Waals surface area contributed by atoms with Crippen molar-refractivity contribution >= 4 is 11.9 Å². The number of hydrogen-bond acceptors (Lipinski definition) is 7. The molecule has 3 aromatic rings. The number of hydroxylamine groups is 1. The number of para-hydroxylation sites is 1. The molecular weight excluding hydrogens is 422 g/mol. The summed E-state index contributed by atoms with van der Waals surface area (Å²) in [5.74, 6) is 2.80. The number of nitrogens with one attached hydrogen (secondary N) is 2. The SMILES string of the molecule is CC(C)(C)OC(=O)Nc1ccc(OC2=CC(c3ccc(Oc4ccccc4)cc3)ON2)cn1. The minimum Gasteiger partial charge on any atom is -0.457 e. The highest BCUT2D eigenvalue weighted by molar-refractivity contribution is 5.83. The van der Waals surface area contributed by atoms with Crippen LogP contribution in [0.15, 0.2) is 84.9 Å². The first-order chi connectivity index (χ1) is 15.8. The highest BCUT2D eigenvalue weighted by Crippen LogP contribution is 2.28. The van der Waals surface area contributed by atoms with Crippen molar-refractivity contribution in [3.63, 3.8) is 0 Å². The summed E-state index contributed by atoms with van der Waals surface area (Å²) in [6.07, 6.45) is 2.44. The van der Waals surface area contributed by atoms with Crippen molar-refractivity contribution in [2.24, 2.45) is 0 Å². The lowest BCUT2D eigenvalue weighted by atomic mass is 10.1. The van der Waals surface area contributed by atoms with Crippen molar-refractivity contribution in [3.8, 4) is 17.2 Å². The molecule has 2 heterocycles. The van der Waals surface area contributed by atoms with Crippen LogP contribution in [-0.4, -0.2) is 16.7 Å². The van der Waals surface area contributed by atoms with Gasteiger partial charge in [0.2, 0.25) is 5.88 Å². The molecule has 8 heteroatoms. The number of nitrogens with zero attached hydrogens (tertiary/aromatic N) is 1. The van der Waals surface area contributed by atoms with Crippen molar-refractivity contribution in [1.82, 2.24) is 10.5 Å². The molecule has 1 aliphatic rings. The fourth-order valence-corrected chi connectivity index (χ4v) is 2.95. The third-order valence-electron chi connectivity index (χ3n) is 4.37. The monoisotopic (exact) mass is 447 g/mol. The fourth-order valence-electron chi connectivity index (χ4n) is 2.95. The molecule has 2 aromatic carbocycles. The molecule has 0 radical (unpaired) electrons. The number of carbonyl (C=O) groups is 1. The number of rotatable bonds is 6. The minimum atomic E-state index is -0.584. The van der Waals surface area contributed by atoms with Gasteiger partial charge < -0.3 is 14.2 Å². The molecule has 4 rings (SSSR count). The first kappa shape index (κ1) is 22.2. The summed E-state index contributed by atoms with van der Waals surface area (Å²) in [6, 6.07) is 20.5. The van der Waals surface area contributed by atoms with Gasteiger partial charge in [0.15, 0.2) is 0 Å². The summed E-state index contributed by atoms with van der Waals surface area (Å²) in [5, 5.41) is 2.57. The molecule has 0 saturated heterocycles. The smallest absolute Gasteiger partial charge is 0.413 e. The lowest BCUT2D eigenvalue weighted by Gasteiger charge is -2.19. The normalized spacial score (nSPS) is 15.2. The van der Waals surface area contributed by atoms with Crippen molar-refractivity contribution in [3.05, 3.63) is 90.4 Å². The van der Waals surface area contributed by atoms with Gasteiger partial charge in [-0.3, -0.25) is 10.2 Å². The Kier molecular flexibility index (Phi) is 6.46. The molecule has 0 aliphatic carbocycles. The molecule has 1 unspecified atom stereocenters. The van der Waals surface area contributed by atoms with Gasteiger partial charge in [-0.2, -0.15) is 0 Å². The van der Waals surface area contributed by atoms with Crippen LogP contribution in [0.1, 0.15) is 32.4 Å². The number of pyridine rings is 1. The number of ether oxygens (including phenoxy) is 3. The van der Waals surface area contributed by atoms with Crippen molar-refractivity contribution in [2.75, 3.05) is 5.32 Å². The molecule has 1 atom stereocenters. The standard InChI is InChI=1S/C25H25N3O5/c1-25(2,3)32-24(29)27-22-14-13-20(16-26-22)31-23-15-21(33-28-23)17-9-11-19(12-10-17)30-18-7-5-4-6-8-18/h4-16,21,28H,1-3H3,(H,26,27,29). The van der Waals surface area contributed by atoms with Crippen LogP contribution in [0.5, 0.6) is 17.2 Å². The predicted octanol–water partition coefficient (Wildman–Crippen LogP) is 5.72. The first-order valence-electron chi connectivity index (χ1n) is 10.4. The maximum absolute atomic E-state index is 11.8. The Morgan fingerprint density at radius 2 is 1.64 bits per heavy atom. The topological polar surface area (TPSA) is 90.9 Å². The van der Waals surface area contributed by atoms with E-state index in [0.29, 0.717) is 17.5 Å². The molecule has 0 bridgehead atoms. The number of anilines is 1. The predicted molar refractivity (Wildman–Crippen MR) is 123 cm³/mol. The minimum absolute atomic E-state index is 0.313. The molecule has 33 heavy (non-hydrogen) atoms. The van der Waals surface area contributed by atoms with E-state index >= 15 is 0 Å². The Hall–Kier alpha value is -4.04. The summed E-state index contributed by atoms with van der Waals surface area (Å²) >= 11 is 0. The molecule has 170 valence electrons. The molecule has 0 fully saturated rings.